The minimum absolute atomic E-state index is 0.780. The highest BCUT2D eigenvalue weighted by Crippen LogP contribution is 2.44. The second-order valence-corrected chi connectivity index (χ2v) is 13.9. The third kappa shape index (κ3) is 3.49. The van der Waals surface area contributed by atoms with Gasteiger partial charge in [-0.05, 0) is 57.3 Å². The average molecular weight is 569 g/mol. The van der Waals surface area contributed by atoms with Crippen LogP contribution in [-0.4, -0.2) is 9.38 Å². The lowest BCUT2D eigenvalue weighted by molar-refractivity contribution is 0.592. The van der Waals surface area contributed by atoms with Crippen molar-refractivity contribution in [3.05, 3.63) is 152 Å². The van der Waals surface area contributed by atoms with Crippen molar-refractivity contribution >= 4 is 83.0 Å². The third-order valence-electron chi connectivity index (χ3n) is 8.82. The summed E-state index contributed by atoms with van der Waals surface area (Å²) in [5.41, 5.74) is 3.86. The van der Waals surface area contributed by atoms with Gasteiger partial charge in [0.25, 0.3) is 0 Å². The van der Waals surface area contributed by atoms with E-state index in [1.54, 1.807) is 0 Å². The molecule has 7 aromatic carbocycles. The summed E-state index contributed by atoms with van der Waals surface area (Å²) in [6.07, 6.45) is 0. The fourth-order valence-electron chi connectivity index (χ4n) is 6.77. The first-order valence-electron chi connectivity index (χ1n) is 14.5. The first-order chi connectivity index (χ1) is 21.2. The first-order valence-corrected chi connectivity index (χ1v) is 16.2. The lowest BCUT2D eigenvalue weighted by atomic mass is 10.0. The molecule has 3 nitrogen and oxygen atoms in total. The Balaban J connectivity index is 1.35. The maximum Gasteiger partial charge on any atom is 0.171 e. The van der Waals surface area contributed by atoms with Gasteiger partial charge >= 0.3 is 0 Å². The van der Waals surface area contributed by atoms with Crippen LogP contribution in [0.5, 0.6) is 0 Å². The van der Waals surface area contributed by atoms with Gasteiger partial charge in [-0.2, -0.15) is 0 Å². The van der Waals surface area contributed by atoms with E-state index >= 15 is 4.57 Å². The normalized spacial score (nSPS) is 13.4. The smallest absolute Gasteiger partial charge is 0.171 e. The van der Waals surface area contributed by atoms with Crippen LogP contribution >= 0.6 is 7.14 Å². The number of imidazole rings is 1. The van der Waals surface area contributed by atoms with E-state index in [2.05, 4.69) is 108 Å². The number of hydrogen-bond donors (Lipinski definition) is 0. The molecule has 0 saturated carbocycles. The molecule has 0 saturated heterocycles. The summed E-state index contributed by atoms with van der Waals surface area (Å²) in [6, 6.07) is 52.0. The topological polar surface area (TPSA) is 34.4 Å². The summed E-state index contributed by atoms with van der Waals surface area (Å²) in [7, 11) is -3.25. The van der Waals surface area contributed by atoms with E-state index in [1.165, 1.54) is 16.2 Å². The standard InChI is InChI=1S/C39H25N2OP/c42-43(28-11-2-1-3-12-28,29-21-20-27-19-18-26-10-4-5-13-31(26)35(27)24-29)30-22-23-38-36(25-30)40-39-34-16-7-6-14-32(34)33-15-8-9-17-37(33)41(38)39/h1-25H. The van der Waals surface area contributed by atoms with E-state index in [0.717, 1.165) is 59.7 Å². The van der Waals surface area contributed by atoms with Crippen LogP contribution in [0.3, 0.4) is 0 Å². The summed E-state index contributed by atoms with van der Waals surface area (Å²) in [4.78, 5) is 5.19. The Labute approximate surface area is 248 Å². The van der Waals surface area contributed by atoms with Gasteiger partial charge in [0.15, 0.2) is 7.14 Å². The van der Waals surface area contributed by atoms with Crippen LogP contribution in [0.25, 0.3) is 59.9 Å². The number of benzene rings is 7. The number of hydrogen-bond acceptors (Lipinski definition) is 2. The molecule has 0 spiro atoms. The highest BCUT2D eigenvalue weighted by atomic mass is 31.2. The molecule has 0 bridgehead atoms. The molecule has 4 heteroatoms. The van der Waals surface area contributed by atoms with Crippen LogP contribution in [0.1, 0.15) is 0 Å². The van der Waals surface area contributed by atoms with Crippen molar-refractivity contribution in [3.63, 3.8) is 0 Å². The average Bonchev–Trinajstić information content (AvgIpc) is 3.47. The summed E-state index contributed by atoms with van der Waals surface area (Å²) in [6.45, 7) is 0. The Bertz CT molecular complexity index is 2600. The van der Waals surface area contributed by atoms with Gasteiger partial charge in [-0.25, -0.2) is 4.98 Å². The molecule has 0 aliphatic heterocycles. The number of pyridine rings is 1. The molecular formula is C39H25N2OP. The van der Waals surface area contributed by atoms with Crippen molar-refractivity contribution < 1.29 is 4.57 Å². The van der Waals surface area contributed by atoms with E-state index in [0.29, 0.717) is 0 Å². The highest BCUT2D eigenvalue weighted by Gasteiger charge is 2.31. The summed E-state index contributed by atoms with van der Waals surface area (Å²) < 4.78 is 17.9. The molecule has 1 unspecified atom stereocenters. The Kier molecular flexibility index (Phi) is 5.17. The van der Waals surface area contributed by atoms with Crippen molar-refractivity contribution in [1.29, 1.82) is 0 Å². The number of rotatable bonds is 3. The zero-order valence-corrected chi connectivity index (χ0v) is 24.1. The molecule has 0 radical (unpaired) electrons. The SMILES string of the molecule is O=P(c1ccccc1)(c1ccc2c(c1)nc1c3ccccc3c3ccccc3n21)c1ccc2ccc3ccccc3c2c1. The summed E-state index contributed by atoms with van der Waals surface area (Å²) in [5, 5.41) is 10.5. The van der Waals surface area contributed by atoms with Crippen LogP contribution in [0, 0.1) is 0 Å². The second kappa shape index (κ2) is 9.13. The van der Waals surface area contributed by atoms with Crippen LogP contribution in [0.4, 0.5) is 0 Å². The number of nitrogens with zero attached hydrogens (tertiary/aromatic N) is 2. The lowest BCUT2D eigenvalue weighted by Crippen LogP contribution is -2.25. The fraction of sp³-hybridized carbons (Fsp3) is 0. The van der Waals surface area contributed by atoms with Crippen LogP contribution in [0.2, 0.25) is 0 Å². The monoisotopic (exact) mass is 568 g/mol. The van der Waals surface area contributed by atoms with E-state index in [4.69, 9.17) is 4.98 Å². The van der Waals surface area contributed by atoms with Gasteiger partial charge in [-0.1, -0.05) is 121 Å². The van der Waals surface area contributed by atoms with Gasteiger partial charge in [0, 0.05) is 26.7 Å². The Morgan fingerprint density at radius 2 is 1.05 bits per heavy atom. The highest BCUT2D eigenvalue weighted by molar-refractivity contribution is 7.85. The molecule has 0 aliphatic rings. The molecule has 0 fully saturated rings. The summed E-state index contributed by atoms with van der Waals surface area (Å²) >= 11 is 0. The third-order valence-corrected chi connectivity index (χ3v) is 11.9. The fourth-order valence-corrected chi connectivity index (χ4v) is 9.44. The first kappa shape index (κ1) is 24.4. The molecule has 9 rings (SSSR count). The van der Waals surface area contributed by atoms with Crippen molar-refractivity contribution in [2.45, 2.75) is 0 Å². The van der Waals surface area contributed by atoms with Crippen molar-refractivity contribution in [2.75, 3.05) is 0 Å². The van der Waals surface area contributed by atoms with Gasteiger partial charge in [-0.3, -0.25) is 4.40 Å². The number of para-hydroxylation sites is 1. The molecule has 0 amide bonds. The minimum atomic E-state index is -3.25. The molecule has 43 heavy (non-hydrogen) atoms. The number of aromatic nitrogens is 2. The van der Waals surface area contributed by atoms with E-state index in [9.17, 15) is 0 Å². The Morgan fingerprint density at radius 1 is 0.442 bits per heavy atom. The van der Waals surface area contributed by atoms with E-state index < -0.39 is 7.14 Å². The predicted octanol–water partition coefficient (Wildman–Crippen LogP) is 8.74. The van der Waals surface area contributed by atoms with Crippen molar-refractivity contribution in [3.8, 4) is 0 Å². The molecular weight excluding hydrogens is 543 g/mol. The summed E-state index contributed by atoms with van der Waals surface area (Å²) in [5.74, 6) is 0. The molecule has 0 N–H and O–H groups in total. The molecule has 2 aromatic heterocycles. The largest absolute Gasteiger partial charge is 0.309 e. The van der Waals surface area contributed by atoms with E-state index in [1.807, 2.05) is 48.5 Å². The Morgan fingerprint density at radius 3 is 1.88 bits per heavy atom. The van der Waals surface area contributed by atoms with E-state index in [-0.39, 0.29) is 0 Å². The maximum absolute atomic E-state index is 15.6. The van der Waals surface area contributed by atoms with Gasteiger partial charge in [0.05, 0.1) is 16.6 Å². The van der Waals surface area contributed by atoms with Crippen LogP contribution in [-0.2, 0) is 4.57 Å². The Hall–Kier alpha value is -5.24. The van der Waals surface area contributed by atoms with Gasteiger partial charge in [-0.15, -0.1) is 0 Å². The molecule has 9 aromatic rings. The molecule has 2 heterocycles. The lowest BCUT2D eigenvalue weighted by Gasteiger charge is -2.21. The molecule has 0 aliphatic carbocycles. The zero-order valence-electron chi connectivity index (χ0n) is 23.2. The maximum atomic E-state index is 15.6. The van der Waals surface area contributed by atoms with Gasteiger partial charge < -0.3 is 4.57 Å². The van der Waals surface area contributed by atoms with Crippen LogP contribution in [0.15, 0.2) is 152 Å². The minimum Gasteiger partial charge on any atom is -0.309 e. The second-order valence-electron chi connectivity index (χ2n) is 11.1. The predicted molar refractivity (Wildman–Crippen MR) is 182 cm³/mol. The van der Waals surface area contributed by atoms with Crippen LogP contribution < -0.4 is 15.9 Å². The van der Waals surface area contributed by atoms with Crippen molar-refractivity contribution in [2.24, 2.45) is 0 Å². The van der Waals surface area contributed by atoms with Gasteiger partial charge in [0.1, 0.15) is 5.65 Å². The molecule has 1 atom stereocenters. The molecule has 202 valence electrons. The zero-order chi connectivity index (χ0) is 28.5. The van der Waals surface area contributed by atoms with Crippen molar-refractivity contribution in [1.82, 2.24) is 9.38 Å². The quantitative estimate of drug-likeness (QED) is 0.158. The van der Waals surface area contributed by atoms with Gasteiger partial charge in [0.2, 0.25) is 0 Å². The number of fused-ring (bicyclic) bond motifs is 11.